The normalized spacial score (nSPS) is 23.5. The Morgan fingerprint density at radius 1 is 1.16 bits per heavy atom. The monoisotopic (exact) mass is 343 g/mol. The molecule has 1 aromatic carbocycles. The Bertz CT molecular complexity index is 692. The molecule has 0 aromatic heterocycles. The summed E-state index contributed by atoms with van der Waals surface area (Å²) in [4.78, 5) is 40.3. The van der Waals surface area contributed by atoms with Crippen molar-refractivity contribution in [1.82, 2.24) is 15.1 Å². The zero-order chi connectivity index (χ0) is 18.2. The second-order valence-corrected chi connectivity index (χ2v) is 7.31. The average molecular weight is 343 g/mol. The lowest BCUT2D eigenvalue weighted by molar-refractivity contribution is -0.138. The molecular weight excluding hydrogens is 318 g/mol. The summed E-state index contributed by atoms with van der Waals surface area (Å²) in [6.45, 7) is 7.12. The van der Waals surface area contributed by atoms with Crippen molar-refractivity contribution in [2.45, 2.75) is 45.1 Å². The van der Waals surface area contributed by atoms with Crippen LogP contribution in [0.4, 0.5) is 4.79 Å². The maximum Gasteiger partial charge on any atom is 0.325 e. The van der Waals surface area contributed by atoms with E-state index >= 15 is 0 Å². The summed E-state index contributed by atoms with van der Waals surface area (Å²) in [6, 6.07) is 7.19. The average Bonchev–Trinajstić information content (AvgIpc) is 3.19. The van der Waals surface area contributed by atoms with E-state index in [4.69, 9.17) is 0 Å². The molecule has 1 atom stereocenters. The smallest absolute Gasteiger partial charge is 0.325 e. The molecule has 1 N–H and O–H groups in total. The molecule has 3 rings (SSSR count). The fourth-order valence-electron chi connectivity index (χ4n) is 3.44. The van der Waals surface area contributed by atoms with Crippen LogP contribution in [-0.2, 0) is 15.1 Å². The van der Waals surface area contributed by atoms with E-state index < -0.39 is 11.6 Å². The number of nitrogens with one attached hydrogen (secondary N) is 1. The number of rotatable bonds is 4. The van der Waals surface area contributed by atoms with E-state index in [9.17, 15) is 14.4 Å². The zero-order valence-electron chi connectivity index (χ0n) is 15.0. The minimum Gasteiger partial charge on any atom is -0.341 e. The van der Waals surface area contributed by atoms with Gasteiger partial charge in [0, 0.05) is 13.1 Å². The Morgan fingerprint density at radius 2 is 1.76 bits per heavy atom. The second-order valence-electron chi connectivity index (χ2n) is 7.31. The van der Waals surface area contributed by atoms with Crippen LogP contribution in [0.1, 0.15) is 50.7 Å². The Morgan fingerprint density at radius 3 is 2.32 bits per heavy atom. The molecular formula is C19H25N3O3. The quantitative estimate of drug-likeness (QED) is 0.852. The van der Waals surface area contributed by atoms with Crippen molar-refractivity contribution < 1.29 is 14.4 Å². The third kappa shape index (κ3) is 3.13. The number of amides is 4. The largest absolute Gasteiger partial charge is 0.341 e. The Hall–Kier alpha value is -2.37. The van der Waals surface area contributed by atoms with Crippen LogP contribution in [0.15, 0.2) is 24.3 Å². The molecule has 2 aliphatic heterocycles. The number of carbonyl (C=O) groups excluding carboxylic acids is 3. The molecule has 4 amide bonds. The van der Waals surface area contributed by atoms with E-state index in [-0.39, 0.29) is 18.4 Å². The Labute approximate surface area is 148 Å². The van der Waals surface area contributed by atoms with Gasteiger partial charge in [-0.15, -0.1) is 0 Å². The van der Waals surface area contributed by atoms with Crippen LogP contribution in [0.5, 0.6) is 0 Å². The van der Waals surface area contributed by atoms with Gasteiger partial charge in [0.2, 0.25) is 5.91 Å². The molecule has 25 heavy (non-hydrogen) atoms. The van der Waals surface area contributed by atoms with Crippen molar-refractivity contribution in [2.75, 3.05) is 19.6 Å². The first kappa shape index (κ1) is 17.5. The van der Waals surface area contributed by atoms with Crippen molar-refractivity contribution in [3.05, 3.63) is 35.4 Å². The lowest BCUT2D eigenvalue weighted by Crippen LogP contribution is -2.43. The lowest BCUT2D eigenvalue weighted by atomic mass is 9.90. The molecule has 0 radical (unpaired) electrons. The highest BCUT2D eigenvalue weighted by Crippen LogP contribution is 2.30. The molecule has 0 aliphatic carbocycles. The van der Waals surface area contributed by atoms with Gasteiger partial charge in [-0.25, -0.2) is 4.79 Å². The van der Waals surface area contributed by atoms with Crippen molar-refractivity contribution in [3.63, 3.8) is 0 Å². The van der Waals surface area contributed by atoms with Crippen LogP contribution < -0.4 is 5.32 Å². The third-order valence-electron chi connectivity index (χ3n) is 5.18. The summed E-state index contributed by atoms with van der Waals surface area (Å²) in [6.07, 6.45) is 1.96. The number of nitrogens with zero attached hydrogens (tertiary/aromatic N) is 2. The van der Waals surface area contributed by atoms with Crippen molar-refractivity contribution >= 4 is 17.8 Å². The van der Waals surface area contributed by atoms with Crippen LogP contribution in [0.3, 0.4) is 0 Å². The molecule has 2 fully saturated rings. The van der Waals surface area contributed by atoms with Crippen LogP contribution in [0.25, 0.3) is 0 Å². The van der Waals surface area contributed by atoms with E-state index in [0.717, 1.165) is 23.3 Å². The van der Waals surface area contributed by atoms with Gasteiger partial charge >= 0.3 is 6.03 Å². The molecule has 0 saturated carbocycles. The number of hydrogen-bond donors (Lipinski definition) is 1. The standard InChI is InChI=1S/C19H25N3O3/c1-13(2)14-6-8-15(9-7-14)19(3)17(24)22(18(25)20-19)12-16(23)21-10-4-5-11-21/h6-9,13H,4-5,10-12H2,1-3H3,(H,20,25)/t19-/m0/s1. The molecule has 1 aromatic rings. The molecule has 134 valence electrons. The van der Waals surface area contributed by atoms with E-state index in [0.29, 0.717) is 19.0 Å². The van der Waals surface area contributed by atoms with Gasteiger partial charge in [0.25, 0.3) is 5.91 Å². The number of hydrogen-bond acceptors (Lipinski definition) is 3. The number of benzene rings is 1. The molecule has 6 nitrogen and oxygen atoms in total. The fraction of sp³-hybridized carbons (Fsp3) is 0.526. The van der Waals surface area contributed by atoms with Gasteiger partial charge in [0.05, 0.1) is 0 Å². The lowest BCUT2D eigenvalue weighted by Gasteiger charge is -2.23. The minimum atomic E-state index is -1.13. The molecule has 2 aliphatic rings. The predicted octanol–water partition coefficient (Wildman–Crippen LogP) is 2.20. The predicted molar refractivity (Wildman–Crippen MR) is 93.9 cm³/mol. The van der Waals surface area contributed by atoms with Gasteiger partial charge in [-0.2, -0.15) is 0 Å². The first-order valence-electron chi connectivity index (χ1n) is 8.85. The number of urea groups is 1. The maximum absolute atomic E-state index is 12.9. The van der Waals surface area contributed by atoms with Crippen molar-refractivity contribution in [1.29, 1.82) is 0 Å². The molecule has 2 heterocycles. The van der Waals surface area contributed by atoms with E-state index in [2.05, 4.69) is 19.2 Å². The highest BCUT2D eigenvalue weighted by molar-refractivity contribution is 6.09. The number of likely N-dealkylation sites (tertiary alicyclic amines) is 1. The van der Waals surface area contributed by atoms with Gasteiger partial charge in [-0.05, 0) is 36.8 Å². The zero-order valence-corrected chi connectivity index (χ0v) is 15.0. The molecule has 6 heteroatoms. The van der Waals surface area contributed by atoms with E-state index in [1.807, 2.05) is 24.3 Å². The van der Waals surface area contributed by atoms with Gasteiger partial charge in [0.15, 0.2) is 0 Å². The van der Waals surface area contributed by atoms with Crippen molar-refractivity contribution in [3.8, 4) is 0 Å². The van der Waals surface area contributed by atoms with Gasteiger partial charge < -0.3 is 10.2 Å². The summed E-state index contributed by atoms with van der Waals surface area (Å²) >= 11 is 0. The van der Waals surface area contributed by atoms with Crippen LogP contribution in [0, 0.1) is 0 Å². The maximum atomic E-state index is 12.9. The third-order valence-corrected chi connectivity index (χ3v) is 5.18. The molecule has 0 unspecified atom stereocenters. The Kier molecular flexibility index (Phi) is 4.54. The summed E-state index contributed by atoms with van der Waals surface area (Å²) in [5.74, 6) is -0.145. The SMILES string of the molecule is CC(C)c1ccc([C@]2(C)NC(=O)N(CC(=O)N3CCCC3)C2=O)cc1. The summed E-state index contributed by atoms with van der Waals surface area (Å²) in [5.41, 5.74) is 0.772. The highest BCUT2D eigenvalue weighted by Gasteiger charge is 2.49. The highest BCUT2D eigenvalue weighted by atomic mass is 16.2. The second kappa shape index (κ2) is 6.50. The first-order valence-corrected chi connectivity index (χ1v) is 8.85. The molecule has 0 bridgehead atoms. The van der Waals surface area contributed by atoms with Gasteiger partial charge in [-0.1, -0.05) is 38.1 Å². The minimum absolute atomic E-state index is 0.166. The van der Waals surface area contributed by atoms with Crippen LogP contribution >= 0.6 is 0 Å². The molecule has 0 spiro atoms. The number of imide groups is 1. The van der Waals surface area contributed by atoms with Gasteiger partial charge in [0.1, 0.15) is 12.1 Å². The van der Waals surface area contributed by atoms with Crippen molar-refractivity contribution in [2.24, 2.45) is 0 Å². The van der Waals surface area contributed by atoms with Crippen LogP contribution in [-0.4, -0.2) is 47.3 Å². The number of carbonyl (C=O) groups is 3. The fourth-order valence-corrected chi connectivity index (χ4v) is 3.44. The molecule has 2 saturated heterocycles. The first-order chi connectivity index (χ1) is 11.8. The topological polar surface area (TPSA) is 69.7 Å². The summed E-state index contributed by atoms with van der Waals surface area (Å²) in [5, 5.41) is 2.76. The summed E-state index contributed by atoms with van der Waals surface area (Å²) < 4.78 is 0. The Balaban J connectivity index is 1.78. The van der Waals surface area contributed by atoms with E-state index in [1.54, 1.807) is 11.8 Å². The van der Waals surface area contributed by atoms with E-state index in [1.165, 1.54) is 5.56 Å². The van der Waals surface area contributed by atoms with Crippen LogP contribution in [0.2, 0.25) is 0 Å². The van der Waals surface area contributed by atoms with Gasteiger partial charge in [-0.3, -0.25) is 14.5 Å². The summed E-state index contributed by atoms with van der Waals surface area (Å²) in [7, 11) is 0.